The Morgan fingerprint density at radius 1 is 1.10 bits per heavy atom. The number of para-hydroxylation sites is 1. The summed E-state index contributed by atoms with van der Waals surface area (Å²) in [5.41, 5.74) is 2.76. The zero-order valence-electron chi connectivity index (χ0n) is 15.7. The van der Waals surface area contributed by atoms with E-state index in [0.717, 1.165) is 4.68 Å². The second kappa shape index (κ2) is 8.08. The Labute approximate surface area is 179 Å². The maximum atomic E-state index is 14.5. The van der Waals surface area contributed by atoms with Crippen molar-refractivity contribution in [1.29, 1.82) is 0 Å². The van der Waals surface area contributed by atoms with Crippen LogP contribution in [0, 0.1) is 5.82 Å². The molecule has 0 aliphatic carbocycles. The second-order valence-electron chi connectivity index (χ2n) is 6.36. The van der Waals surface area contributed by atoms with E-state index in [1.807, 2.05) is 0 Å². The van der Waals surface area contributed by atoms with Crippen molar-refractivity contribution in [3.8, 4) is 17.1 Å². The molecule has 0 aliphatic heterocycles. The smallest absolute Gasteiger partial charge is 0.280 e. The van der Waals surface area contributed by atoms with Crippen LogP contribution in [-0.2, 0) is 0 Å². The lowest BCUT2D eigenvalue weighted by Gasteiger charge is -2.16. The summed E-state index contributed by atoms with van der Waals surface area (Å²) in [5, 5.41) is 0.294. The monoisotopic (exact) mass is 467 g/mol. The molecule has 0 radical (unpaired) electrons. The quantitative estimate of drug-likeness (QED) is 0.483. The molecule has 4 rings (SSSR count). The predicted octanol–water partition coefficient (Wildman–Crippen LogP) is 4.36. The van der Waals surface area contributed by atoms with E-state index in [4.69, 9.17) is 4.74 Å². The van der Waals surface area contributed by atoms with Crippen molar-refractivity contribution in [2.75, 3.05) is 12.5 Å². The highest BCUT2D eigenvalue weighted by molar-refractivity contribution is 9.10. The number of carbonyl (C=O) groups is 1. The van der Waals surface area contributed by atoms with Crippen LogP contribution in [0.25, 0.3) is 22.3 Å². The van der Waals surface area contributed by atoms with Gasteiger partial charge in [0.05, 0.1) is 29.1 Å². The highest BCUT2D eigenvalue weighted by Gasteiger charge is 2.19. The van der Waals surface area contributed by atoms with Crippen molar-refractivity contribution in [2.45, 2.75) is 0 Å². The number of hydrogen-bond donors (Lipinski definition) is 1. The second-order valence-corrected chi connectivity index (χ2v) is 7.21. The number of benzene rings is 3. The molecule has 6 nitrogen and oxygen atoms in total. The number of carbonyl (C=O) groups excluding carboxylic acids is 1. The molecular formula is C22H15BrFN3O3. The third-order valence-corrected chi connectivity index (χ3v) is 5.21. The van der Waals surface area contributed by atoms with Crippen LogP contribution in [-0.4, -0.2) is 22.7 Å². The molecule has 1 N–H and O–H groups in total. The molecule has 1 amide bonds. The van der Waals surface area contributed by atoms with Crippen LogP contribution in [0.4, 0.5) is 4.39 Å². The van der Waals surface area contributed by atoms with Gasteiger partial charge in [-0.25, -0.2) is 9.37 Å². The van der Waals surface area contributed by atoms with Gasteiger partial charge >= 0.3 is 0 Å². The van der Waals surface area contributed by atoms with Crippen molar-refractivity contribution in [1.82, 2.24) is 9.66 Å². The van der Waals surface area contributed by atoms with Crippen LogP contribution in [0.2, 0.25) is 0 Å². The zero-order valence-corrected chi connectivity index (χ0v) is 17.3. The van der Waals surface area contributed by atoms with Crippen LogP contribution < -0.4 is 15.7 Å². The molecule has 8 heteroatoms. The molecule has 0 saturated heterocycles. The van der Waals surface area contributed by atoms with Crippen molar-refractivity contribution >= 4 is 32.7 Å². The number of aromatic nitrogens is 2. The number of amides is 1. The molecule has 0 atom stereocenters. The first-order valence-corrected chi connectivity index (χ1v) is 9.70. The normalized spacial score (nSPS) is 10.8. The summed E-state index contributed by atoms with van der Waals surface area (Å²) in [4.78, 5) is 30.6. The summed E-state index contributed by atoms with van der Waals surface area (Å²) in [6, 6.07) is 17.5. The first kappa shape index (κ1) is 19.8. The molecule has 0 unspecified atom stereocenters. The SMILES string of the molecule is COc1ccc(Br)c(C(=O)Nn2c(-c3ccccc3F)nc3ccccc3c2=O)c1. The first-order chi connectivity index (χ1) is 14.5. The number of nitrogens with one attached hydrogen (secondary N) is 1. The number of nitrogens with zero attached hydrogens (tertiary/aromatic N) is 2. The first-order valence-electron chi connectivity index (χ1n) is 8.91. The van der Waals surface area contributed by atoms with Gasteiger partial charge in [-0.3, -0.25) is 15.0 Å². The molecule has 0 spiro atoms. The maximum Gasteiger partial charge on any atom is 0.280 e. The van der Waals surface area contributed by atoms with E-state index in [1.165, 1.54) is 31.4 Å². The number of methoxy groups -OCH3 is 1. The number of hydrogen-bond acceptors (Lipinski definition) is 4. The zero-order chi connectivity index (χ0) is 21.3. The van der Waals surface area contributed by atoms with Crippen LogP contribution >= 0.6 is 15.9 Å². The molecule has 4 aromatic rings. The molecule has 1 heterocycles. The molecule has 0 saturated carbocycles. The van der Waals surface area contributed by atoms with Gasteiger partial charge < -0.3 is 4.74 Å². The van der Waals surface area contributed by atoms with Gasteiger partial charge in [-0.2, -0.15) is 4.68 Å². The fraction of sp³-hybridized carbons (Fsp3) is 0.0455. The minimum absolute atomic E-state index is 0.0100. The van der Waals surface area contributed by atoms with E-state index in [1.54, 1.807) is 42.5 Å². The fourth-order valence-corrected chi connectivity index (χ4v) is 3.45. The van der Waals surface area contributed by atoms with Crippen molar-refractivity contribution < 1.29 is 13.9 Å². The van der Waals surface area contributed by atoms with Gasteiger partial charge in [0.25, 0.3) is 11.5 Å². The fourth-order valence-electron chi connectivity index (χ4n) is 3.03. The standard InChI is InChI=1S/C22H15BrFN3O3/c1-30-13-10-11-17(23)16(12-13)21(28)26-27-20(14-6-2-4-8-18(14)24)25-19-9-5-3-7-15(19)22(27)29/h2-12H,1H3,(H,26,28). The minimum atomic E-state index is -0.586. The van der Waals surface area contributed by atoms with Crippen molar-refractivity contribution in [3.05, 3.63) is 92.9 Å². The summed E-state index contributed by atoms with van der Waals surface area (Å²) < 4.78 is 21.2. The van der Waals surface area contributed by atoms with Gasteiger partial charge in [0.2, 0.25) is 0 Å². The average molecular weight is 468 g/mol. The van der Waals surface area contributed by atoms with Crippen molar-refractivity contribution in [3.63, 3.8) is 0 Å². The van der Waals surface area contributed by atoms with E-state index < -0.39 is 17.3 Å². The van der Waals surface area contributed by atoms with E-state index >= 15 is 0 Å². The average Bonchev–Trinajstić information content (AvgIpc) is 2.76. The van der Waals surface area contributed by atoms with E-state index in [9.17, 15) is 14.0 Å². The van der Waals surface area contributed by atoms with Crippen LogP contribution in [0.5, 0.6) is 5.75 Å². The molecule has 0 fully saturated rings. The Morgan fingerprint density at radius 2 is 1.83 bits per heavy atom. The van der Waals surface area contributed by atoms with Gasteiger partial charge in [0, 0.05) is 4.47 Å². The summed E-state index contributed by atoms with van der Waals surface area (Å²) >= 11 is 3.33. The highest BCUT2D eigenvalue weighted by atomic mass is 79.9. The largest absolute Gasteiger partial charge is 0.497 e. The van der Waals surface area contributed by atoms with Gasteiger partial charge in [-0.05, 0) is 58.4 Å². The third kappa shape index (κ3) is 3.57. The van der Waals surface area contributed by atoms with Gasteiger partial charge in [0.15, 0.2) is 5.82 Å². The Hall–Kier alpha value is -3.52. The van der Waals surface area contributed by atoms with E-state index in [0.29, 0.717) is 21.1 Å². The number of rotatable bonds is 4. The van der Waals surface area contributed by atoms with Gasteiger partial charge in [0.1, 0.15) is 11.6 Å². The molecule has 0 bridgehead atoms. The molecule has 150 valence electrons. The lowest BCUT2D eigenvalue weighted by molar-refractivity contribution is 0.101. The minimum Gasteiger partial charge on any atom is -0.497 e. The number of halogens is 2. The number of fused-ring (bicyclic) bond motifs is 1. The van der Waals surface area contributed by atoms with Crippen LogP contribution in [0.15, 0.2) is 76.0 Å². The summed E-state index contributed by atoms with van der Waals surface area (Å²) in [5.74, 6) is -0.686. The van der Waals surface area contributed by atoms with Crippen LogP contribution in [0.1, 0.15) is 10.4 Å². The van der Waals surface area contributed by atoms with Gasteiger partial charge in [-0.15, -0.1) is 0 Å². The molecule has 3 aromatic carbocycles. The molecule has 1 aromatic heterocycles. The molecular weight excluding hydrogens is 453 g/mol. The Morgan fingerprint density at radius 3 is 2.60 bits per heavy atom. The topological polar surface area (TPSA) is 73.2 Å². The highest BCUT2D eigenvalue weighted by Crippen LogP contribution is 2.24. The summed E-state index contributed by atoms with van der Waals surface area (Å²) in [7, 11) is 1.49. The molecule has 30 heavy (non-hydrogen) atoms. The predicted molar refractivity (Wildman–Crippen MR) is 116 cm³/mol. The maximum absolute atomic E-state index is 14.5. The van der Waals surface area contributed by atoms with Gasteiger partial charge in [-0.1, -0.05) is 24.3 Å². The Balaban J connectivity index is 1.91. The Bertz CT molecular complexity index is 1340. The Kier molecular flexibility index (Phi) is 5.33. The third-order valence-electron chi connectivity index (χ3n) is 4.52. The lowest BCUT2D eigenvalue weighted by Crippen LogP contribution is -2.35. The number of ether oxygens (including phenoxy) is 1. The lowest BCUT2D eigenvalue weighted by atomic mass is 10.1. The summed E-state index contributed by atoms with van der Waals surface area (Å²) in [6.07, 6.45) is 0. The van der Waals surface area contributed by atoms with E-state index in [-0.39, 0.29) is 17.0 Å². The van der Waals surface area contributed by atoms with Crippen LogP contribution in [0.3, 0.4) is 0 Å². The summed E-state index contributed by atoms with van der Waals surface area (Å²) in [6.45, 7) is 0. The van der Waals surface area contributed by atoms with E-state index in [2.05, 4.69) is 26.3 Å². The van der Waals surface area contributed by atoms with Crippen molar-refractivity contribution in [2.24, 2.45) is 0 Å². The molecule has 0 aliphatic rings.